The van der Waals surface area contributed by atoms with Crippen LogP contribution in [0.3, 0.4) is 0 Å². The van der Waals surface area contributed by atoms with Crippen LogP contribution in [-0.4, -0.2) is 84.0 Å². The van der Waals surface area contributed by atoms with Crippen LogP contribution < -0.4 is 0 Å². The number of hydrogen-bond acceptors (Lipinski definition) is 10. The second-order valence-electron chi connectivity index (χ2n) is 10.6. The summed E-state index contributed by atoms with van der Waals surface area (Å²) in [5.74, 6) is -5.82. The fourth-order valence-corrected chi connectivity index (χ4v) is 4.49. The Balaban J connectivity index is 4.03. The molecule has 0 saturated carbocycles. The van der Waals surface area contributed by atoms with Crippen molar-refractivity contribution in [2.75, 3.05) is 0 Å². The topological polar surface area (TPSA) is 179 Å². The summed E-state index contributed by atoms with van der Waals surface area (Å²) in [4.78, 5) is 52.9. The molecule has 1 aliphatic rings. The van der Waals surface area contributed by atoms with Gasteiger partial charge < -0.3 is 30.3 Å². The predicted molar refractivity (Wildman–Crippen MR) is 130 cm³/mol. The van der Waals surface area contributed by atoms with Crippen molar-refractivity contribution in [2.24, 2.45) is 17.8 Å². The zero-order chi connectivity index (χ0) is 28.2. The first-order valence-electron chi connectivity index (χ1n) is 12.8. The molecule has 0 aromatic heterocycles. The van der Waals surface area contributed by atoms with Gasteiger partial charge in [0, 0.05) is 19.3 Å². The van der Waals surface area contributed by atoms with Gasteiger partial charge in [-0.15, -0.1) is 0 Å². The Kier molecular flexibility index (Phi) is 11.1. The maximum absolute atomic E-state index is 13.7. The molecule has 36 heavy (non-hydrogen) atoms. The summed E-state index contributed by atoms with van der Waals surface area (Å²) >= 11 is 0. The fourth-order valence-electron chi connectivity index (χ4n) is 4.49. The first-order chi connectivity index (χ1) is 16.5. The average Bonchev–Trinajstić information content (AvgIpc) is 2.83. The van der Waals surface area contributed by atoms with Crippen molar-refractivity contribution in [1.29, 1.82) is 0 Å². The number of hydrogen-bond donors (Lipinski definition) is 5. The molecule has 0 spiro atoms. The number of carbonyl (C=O) groups is 4. The molecule has 0 aliphatic carbocycles. The van der Waals surface area contributed by atoms with E-state index in [4.69, 9.17) is 4.74 Å². The van der Waals surface area contributed by atoms with Crippen LogP contribution in [0.25, 0.3) is 0 Å². The zero-order valence-electron chi connectivity index (χ0n) is 22.5. The Morgan fingerprint density at radius 2 is 1.11 bits per heavy atom. The van der Waals surface area contributed by atoms with E-state index in [2.05, 4.69) is 0 Å². The molecule has 10 heteroatoms. The summed E-state index contributed by atoms with van der Waals surface area (Å²) in [6.45, 7) is 11.2. The van der Waals surface area contributed by atoms with Crippen molar-refractivity contribution in [2.45, 2.75) is 122 Å². The lowest BCUT2D eigenvalue weighted by Crippen LogP contribution is -2.87. The summed E-state index contributed by atoms with van der Waals surface area (Å²) in [5.41, 5.74) is -10.5. The lowest BCUT2D eigenvalue weighted by molar-refractivity contribution is -0.365. The molecule has 0 radical (unpaired) electrons. The fraction of sp³-hybridized carbons (Fsp3) is 0.846. The minimum absolute atomic E-state index is 0.355. The van der Waals surface area contributed by atoms with E-state index in [1.54, 1.807) is 41.5 Å². The summed E-state index contributed by atoms with van der Waals surface area (Å²) in [6, 6.07) is 0. The van der Waals surface area contributed by atoms with Crippen molar-refractivity contribution in [1.82, 2.24) is 0 Å². The molecular formula is C26H44O10. The molecule has 10 nitrogen and oxygen atoms in total. The highest BCUT2D eigenvalue weighted by Crippen LogP contribution is 2.49. The van der Waals surface area contributed by atoms with Gasteiger partial charge in [0.15, 0.2) is 35.0 Å². The Bertz CT molecular complexity index is 828. The van der Waals surface area contributed by atoms with Crippen LogP contribution in [0.1, 0.15) is 87.0 Å². The van der Waals surface area contributed by atoms with Gasteiger partial charge in [0.25, 0.3) is 0 Å². The molecule has 9 atom stereocenters. The molecule has 1 aliphatic heterocycles. The third-order valence-corrected chi connectivity index (χ3v) is 7.80. The van der Waals surface area contributed by atoms with E-state index in [0.29, 0.717) is 19.3 Å². The van der Waals surface area contributed by atoms with Crippen LogP contribution >= 0.6 is 0 Å². The number of ketones is 4. The third kappa shape index (κ3) is 5.49. The first-order valence-corrected chi connectivity index (χ1v) is 12.8. The minimum Gasteiger partial charge on any atom is -0.382 e. The third-order valence-electron chi connectivity index (χ3n) is 7.80. The van der Waals surface area contributed by atoms with Gasteiger partial charge in [0.2, 0.25) is 11.2 Å². The first kappa shape index (κ1) is 32.5. The number of aliphatic hydroxyl groups is 5. The lowest BCUT2D eigenvalue weighted by atomic mass is 9.57. The van der Waals surface area contributed by atoms with Gasteiger partial charge in [-0.25, -0.2) is 0 Å². The number of aliphatic hydroxyl groups excluding tert-OH is 2. The standard InChI is InChI=1S/C26H44O10/c1-8-14(4)11-18(28)24(33)22(21(31)17(7)27)36-23(32)25(34,19(29)12-15(5)9-2)26(24,35)20(30)13-16(6)10-3/h14-16,21-23,31-35H,8-13H2,1-7H3/t14?,15?,16?,21?,22-,23?,24-,25+,26+/m1/s1. The average molecular weight is 517 g/mol. The van der Waals surface area contributed by atoms with Gasteiger partial charge in [-0.1, -0.05) is 60.8 Å². The van der Waals surface area contributed by atoms with E-state index < -0.39 is 83.6 Å². The second-order valence-corrected chi connectivity index (χ2v) is 10.6. The van der Waals surface area contributed by atoms with E-state index >= 15 is 0 Å². The zero-order valence-corrected chi connectivity index (χ0v) is 22.5. The molecule has 0 bridgehead atoms. The number of ether oxygens (including phenoxy) is 1. The van der Waals surface area contributed by atoms with E-state index in [1.165, 1.54) is 0 Å². The molecule has 0 aromatic carbocycles. The van der Waals surface area contributed by atoms with Crippen molar-refractivity contribution < 1.29 is 49.4 Å². The van der Waals surface area contributed by atoms with E-state index in [0.717, 1.165) is 6.92 Å². The van der Waals surface area contributed by atoms with Gasteiger partial charge >= 0.3 is 0 Å². The molecule has 1 saturated heterocycles. The van der Waals surface area contributed by atoms with Crippen LogP contribution in [0.5, 0.6) is 0 Å². The van der Waals surface area contributed by atoms with Crippen LogP contribution in [0.2, 0.25) is 0 Å². The van der Waals surface area contributed by atoms with E-state index in [9.17, 15) is 44.7 Å². The highest BCUT2D eigenvalue weighted by Gasteiger charge is 2.80. The molecule has 0 amide bonds. The van der Waals surface area contributed by atoms with Crippen LogP contribution in [-0.2, 0) is 23.9 Å². The maximum Gasteiger partial charge on any atom is 0.213 e. The minimum atomic E-state index is -3.61. The van der Waals surface area contributed by atoms with Crippen LogP contribution in [0, 0.1) is 17.8 Å². The molecule has 1 heterocycles. The van der Waals surface area contributed by atoms with Crippen molar-refractivity contribution in [3.05, 3.63) is 0 Å². The van der Waals surface area contributed by atoms with Crippen molar-refractivity contribution >= 4 is 23.1 Å². The smallest absolute Gasteiger partial charge is 0.213 e. The molecule has 1 fully saturated rings. The van der Waals surface area contributed by atoms with E-state index in [-0.39, 0.29) is 11.8 Å². The van der Waals surface area contributed by atoms with Crippen LogP contribution in [0.4, 0.5) is 0 Å². The SMILES string of the molecule is CCC(C)CC(=O)[C@]1(O)[C@@](O)(C(=O)CC(C)CC)[C@@H](C(O)C(C)=O)OC(O)[C@@]1(O)C(=O)CC(C)CC. The highest BCUT2D eigenvalue weighted by atomic mass is 16.7. The molecule has 1 rings (SSSR count). The van der Waals surface area contributed by atoms with Crippen LogP contribution in [0.15, 0.2) is 0 Å². The summed E-state index contributed by atoms with van der Waals surface area (Å²) in [7, 11) is 0. The summed E-state index contributed by atoms with van der Waals surface area (Å²) < 4.78 is 5.22. The summed E-state index contributed by atoms with van der Waals surface area (Å²) in [5, 5.41) is 57.1. The van der Waals surface area contributed by atoms with Crippen molar-refractivity contribution in [3.8, 4) is 0 Å². The number of rotatable bonds is 14. The predicted octanol–water partition coefficient (Wildman–Crippen LogP) is 0.863. The quantitative estimate of drug-likeness (QED) is 0.222. The normalized spacial score (nSPS) is 33.9. The molecule has 0 aromatic rings. The Labute approximate surface area is 213 Å². The molecule has 5 N–H and O–H groups in total. The second kappa shape index (κ2) is 12.3. The molecule has 5 unspecified atom stereocenters. The maximum atomic E-state index is 13.7. The van der Waals surface area contributed by atoms with Gasteiger partial charge in [0.1, 0.15) is 12.2 Å². The van der Waals surface area contributed by atoms with Crippen molar-refractivity contribution in [3.63, 3.8) is 0 Å². The Morgan fingerprint density at radius 1 is 0.750 bits per heavy atom. The number of Topliss-reactive ketones (excluding diaryl/α,β-unsaturated/α-hetero) is 4. The van der Waals surface area contributed by atoms with E-state index in [1.807, 2.05) is 0 Å². The van der Waals surface area contributed by atoms with Gasteiger partial charge in [-0.3, -0.25) is 19.2 Å². The number of carbonyl (C=O) groups excluding carboxylic acids is 4. The lowest BCUT2D eigenvalue weighted by Gasteiger charge is -2.58. The Morgan fingerprint density at radius 3 is 1.47 bits per heavy atom. The molecular weight excluding hydrogens is 472 g/mol. The molecule has 208 valence electrons. The monoisotopic (exact) mass is 516 g/mol. The largest absolute Gasteiger partial charge is 0.382 e. The Hall–Kier alpha value is -1.56. The highest BCUT2D eigenvalue weighted by molar-refractivity contribution is 6.07. The van der Waals surface area contributed by atoms with Gasteiger partial charge in [-0.05, 0) is 24.7 Å². The van der Waals surface area contributed by atoms with Gasteiger partial charge in [0.05, 0.1) is 0 Å². The summed E-state index contributed by atoms with van der Waals surface area (Å²) in [6.07, 6.45) is -7.16. The van der Waals surface area contributed by atoms with Gasteiger partial charge in [-0.2, -0.15) is 0 Å².